The number of esters is 2. The van der Waals surface area contributed by atoms with Crippen LogP contribution in [0.5, 0.6) is 11.5 Å². The number of fused-ring (bicyclic) bond motifs is 1. The first kappa shape index (κ1) is 18.8. The summed E-state index contributed by atoms with van der Waals surface area (Å²) in [5.74, 6) is -0.392. The highest BCUT2D eigenvalue weighted by Gasteiger charge is 2.38. The first-order valence-electron chi connectivity index (χ1n) is 8.81. The lowest BCUT2D eigenvalue weighted by atomic mass is 9.80. The molecule has 0 aliphatic carbocycles. The van der Waals surface area contributed by atoms with Crippen molar-refractivity contribution >= 4 is 11.9 Å². The maximum atomic E-state index is 12.7. The Morgan fingerprint density at radius 2 is 1.70 bits per heavy atom. The number of carbonyl (C=O) groups excluding carboxylic acids is 2. The highest BCUT2D eigenvalue weighted by Crippen LogP contribution is 2.42. The highest BCUT2D eigenvalue weighted by atomic mass is 16.6. The minimum Gasteiger partial charge on any atom is -0.486 e. The molecule has 1 atom stereocenters. The Kier molecular flexibility index (Phi) is 5.39. The zero-order valence-electron chi connectivity index (χ0n) is 15.9. The van der Waals surface area contributed by atoms with E-state index in [-0.39, 0.29) is 6.61 Å². The summed E-state index contributed by atoms with van der Waals surface area (Å²) in [4.78, 5) is 25.2. The molecule has 2 aliphatic heterocycles. The van der Waals surface area contributed by atoms with E-state index < -0.39 is 17.9 Å². The minimum absolute atomic E-state index is 0.236. The molecule has 1 aromatic rings. The molecule has 2 heterocycles. The van der Waals surface area contributed by atoms with E-state index in [1.54, 1.807) is 32.9 Å². The van der Waals surface area contributed by atoms with E-state index in [1.165, 1.54) is 7.11 Å². The van der Waals surface area contributed by atoms with Gasteiger partial charge in [-0.25, -0.2) is 9.59 Å². The molecular weight excluding hydrogens is 350 g/mol. The van der Waals surface area contributed by atoms with Crippen LogP contribution in [-0.4, -0.2) is 38.9 Å². The summed E-state index contributed by atoms with van der Waals surface area (Å²) < 4.78 is 21.5. The molecule has 0 amide bonds. The molecule has 7 nitrogen and oxygen atoms in total. The molecule has 0 fully saturated rings. The Morgan fingerprint density at radius 1 is 1.07 bits per heavy atom. The second-order valence-corrected chi connectivity index (χ2v) is 6.25. The van der Waals surface area contributed by atoms with Crippen molar-refractivity contribution in [3.63, 3.8) is 0 Å². The molecule has 0 spiro atoms. The van der Waals surface area contributed by atoms with E-state index in [2.05, 4.69) is 5.32 Å². The van der Waals surface area contributed by atoms with E-state index in [4.69, 9.17) is 18.9 Å². The van der Waals surface area contributed by atoms with Crippen molar-refractivity contribution < 1.29 is 28.5 Å². The molecule has 2 aliphatic rings. The summed E-state index contributed by atoms with van der Waals surface area (Å²) in [5, 5.41) is 3.10. The number of hydrogen-bond donors (Lipinski definition) is 1. The number of nitrogens with one attached hydrogen (secondary N) is 1. The molecule has 0 aromatic heterocycles. The van der Waals surface area contributed by atoms with Crippen LogP contribution in [0.4, 0.5) is 0 Å². The van der Waals surface area contributed by atoms with Gasteiger partial charge in [-0.3, -0.25) is 0 Å². The van der Waals surface area contributed by atoms with E-state index in [1.807, 2.05) is 6.07 Å². The number of methoxy groups -OCH3 is 1. The molecule has 1 aromatic carbocycles. The number of hydrogen-bond acceptors (Lipinski definition) is 7. The van der Waals surface area contributed by atoms with Gasteiger partial charge < -0.3 is 24.3 Å². The standard InChI is InChI=1S/C20H23NO6/c1-5-25-20(23)17-12(3)21-11(2)16(19(22)24-4)18(17)13-6-7-14-15(10-13)27-9-8-26-14/h6-7,10,18,21H,5,8-9H2,1-4H3. The smallest absolute Gasteiger partial charge is 0.336 e. The van der Waals surface area contributed by atoms with Crippen LogP contribution in [0.25, 0.3) is 0 Å². The van der Waals surface area contributed by atoms with Crippen molar-refractivity contribution in [2.75, 3.05) is 26.9 Å². The summed E-state index contributed by atoms with van der Waals surface area (Å²) >= 11 is 0. The van der Waals surface area contributed by atoms with Gasteiger partial charge in [0.1, 0.15) is 13.2 Å². The van der Waals surface area contributed by atoms with Gasteiger partial charge in [-0.2, -0.15) is 0 Å². The summed E-state index contributed by atoms with van der Waals surface area (Å²) in [6, 6.07) is 5.41. The predicted molar refractivity (Wildman–Crippen MR) is 97.4 cm³/mol. The van der Waals surface area contributed by atoms with Gasteiger partial charge in [-0.15, -0.1) is 0 Å². The fourth-order valence-corrected chi connectivity index (χ4v) is 3.43. The van der Waals surface area contributed by atoms with Crippen molar-refractivity contribution in [1.29, 1.82) is 0 Å². The lowest BCUT2D eigenvalue weighted by molar-refractivity contribution is -0.139. The fourth-order valence-electron chi connectivity index (χ4n) is 3.43. The van der Waals surface area contributed by atoms with Gasteiger partial charge in [0.2, 0.25) is 0 Å². The Balaban J connectivity index is 2.15. The molecule has 3 rings (SSSR count). The SMILES string of the molecule is CCOC(=O)C1=C(C)NC(C)=C(C(=O)OC)C1c1ccc2c(c1)OCCO2. The Labute approximate surface area is 157 Å². The Morgan fingerprint density at radius 3 is 2.33 bits per heavy atom. The van der Waals surface area contributed by atoms with Gasteiger partial charge >= 0.3 is 11.9 Å². The van der Waals surface area contributed by atoms with Gasteiger partial charge in [-0.1, -0.05) is 6.07 Å². The van der Waals surface area contributed by atoms with E-state index in [0.717, 1.165) is 5.56 Å². The fraction of sp³-hybridized carbons (Fsp3) is 0.400. The van der Waals surface area contributed by atoms with Crippen LogP contribution >= 0.6 is 0 Å². The predicted octanol–water partition coefficient (Wildman–Crippen LogP) is 2.43. The van der Waals surface area contributed by atoms with E-state index >= 15 is 0 Å². The van der Waals surface area contributed by atoms with Crippen LogP contribution in [-0.2, 0) is 19.1 Å². The summed E-state index contributed by atoms with van der Waals surface area (Å²) in [6.45, 7) is 6.48. The second-order valence-electron chi connectivity index (χ2n) is 6.25. The third-order valence-corrected chi connectivity index (χ3v) is 4.56. The van der Waals surface area contributed by atoms with Gasteiger partial charge in [0, 0.05) is 11.4 Å². The van der Waals surface area contributed by atoms with E-state index in [9.17, 15) is 9.59 Å². The number of ether oxygens (including phenoxy) is 4. The van der Waals surface area contributed by atoms with Crippen molar-refractivity contribution in [1.82, 2.24) is 5.32 Å². The molecule has 1 N–H and O–H groups in total. The Hall–Kier alpha value is -2.96. The molecular formula is C20H23NO6. The number of dihydropyridines is 1. The number of allylic oxidation sites excluding steroid dienone is 2. The summed E-state index contributed by atoms with van der Waals surface area (Å²) in [6.07, 6.45) is 0. The molecule has 144 valence electrons. The van der Waals surface area contributed by atoms with Gasteiger partial charge in [0.25, 0.3) is 0 Å². The van der Waals surface area contributed by atoms with Crippen molar-refractivity contribution in [2.24, 2.45) is 0 Å². The van der Waals surface area contributed by atoms with Gasteiger partial charge in [0.15, 0.2) is 11.5 Å². The third-order valence-electron chi connectivity index (χ3n) is 4.56. The lowest BCUT2D eigenvalue weighted by Gasteiger charge is -2.31. The van der Waals surface area contributed by atoms with Crippen molar-refractivity contribution in [2.45, 2.75) is 26.7 Å². The van der Waals surface area contributed by atoms with Gasteiger partial charge in [0.05, 0.1) is 30.8 Å². The molecule has 0 radical (unpaired) electrons. The molecule has 0 saturated heterocycles. The summed E-state index contributed by atoms with van der Waals surface area (Å²) in [7, 11) is 1.32. The Bertz CT molecular complexity index is 839. The summed E-state index contributed by atoms with van der Waals surface area (Å²) in [5.41, 5.74) is 2.73. The van der Waals surface area contributed by atoms with Crippen LogP contribution in [0.3, 0.4) is 0 Å². The van der Waals surface area contributed by atoms with Crippen LogP contribution in [0.1, 0.15) is 32.3 Å². The van der Waals surface area contributed by atoms with Crippen LogP contribution in [0.15, 0.2) is 40.7 Å². The van der Waals surface area contributed by atoms with Crippen LogP contribution in [0.2, 0.25) is 0 Å². The normalized spacial score (nSPS) is 18.7. The monoisotopic (exact) mass is 373 g/mol. The van der Waals surface area contributed by atoms with Crippen LogP contribution < -0.4 is 14.8 Å². The quantitative estimate of drug-likeness (QED) is 0.812. The first-order chi connectivity index (χ1) is 13.0. The zero-order chi connectivity index (χ0) is 19.6. The number of benzene rings is 1. The maximum Gasteiger partial charge on any atom is 0.336 e. The topological polar surface area (TPSA) is 83.1 Å². The first-order valence-corrected chi connectivity index (χ1v) is 8.81. The van der Waals surface area contributed by atoms with E-state index in [0.29, 0.717) is 47.3 Å². The molecule has 27 heavy (non-hydrogen) atoms. The van der Waals surface area contributed by atoms with Crippen molar-refractivity contribution in [3.8, 4) is 11.5 Å². The maximum absolute atomic E-state index is 12.7. The lowest BCUT2D eigenvalue weighted by Crippen LogP contribution is -2.32. The number of rotatable bonds is 4. The number of carbonyl (C=O) groups is 2. The zero-order valence-corrected chi connectivity index (χ0v) is 15.9. The third kappa shape index (κ3) is 3.49. The average molecular weight is 373 g/mol. The highest BCUT2D eigenvalue weighted by molar-refractivity contribution is 5.99. The van der Waals surface area contributed by atoms with Crippen molar-refractivity contribution in [3.05, 3.63) is 46.3 Å². The molecule has 1 unspecified atom stereocenters. The largest absolute Gasteiger partial charge is 0.486 e. The molecule has 7 heteroatoms. The van der Waals surface area contributed by atoms with Crippen LogP contribution in [0, 0.1) is 0 Å². The average Bonchev–Trinajstić information content (AvgIpc) is 2.66. The molecule has 0 saturated carbocycles. The van der Waals surface area contributed by atoms with Gasteiger partial charge in [-0.05, 0) is 38.5 Å². The molecule has 0 bridgehead atoms. The minimum atomic E-state index is -0.631. The second kappa shape index (κ2) is 7.73.